The van der Waals surface area contributed by atoms with Crippen molar-refractivity contribution in [2.24, 2.45) is 0 Å². The Morgan fingerprint density at radius 1 is 1.48 bits per heavy atom. The second kappa shape index (κ2) is 7.49. The lowest BCUT2D eigenvalue weighted by Crippen LogP contribution is -2.32. The van der Waals surface area contributed by atoms with E-state index in [9.17, 15) is 15.2 Å². The first-order chi connectivity index (χ1) is 11.0. The molecule has 0 radical (unpaired) electrons. The first-order valence-electron chi connectivity index (χ1n) is 7.08. The molecule has 0 saturated carbocycles. The van der Waals surface area contributed by atoms with E-state index in [0.29, 0.717) is 12.1 Å². The van der Waals surface area contributed by atoms with Crippen molar-refractivity contribution in [3.05, 3.63) is 57.9 Å². The van der Waals surface area contributed by atoms with Crippen molar-refractivity contribution in [2.45, 2.75) is 25.6 Å². The smallest absolute Gasteiger partial charge is 0.306 e. The van der Waals surface area contributed by atoms with E-state index in [1.807, 2.05) is 19.1 Å². The van der Waals surface area contributed by atoms with Gasteiger partial charge in [0.2, 0.25) is 0 Å². The van der Waals surface area contributed by atoms with Crippen LogP contribution in [0.2, 0.25) is 0 Å². The van der Waals surface area contributed by atoms with Gasteiger partial charge in [-0.1, -0.05) is 12.1 Å². The molecule has 0 spiro atoms. The van der Waals surface area contributed by atoms with Gasteiger partial charge >= 0.3 is 5.69 Å². The van der Waals surface area contributed by atoms with Crippen molar-refractivity contribution in [1.29, 1.82) is 5.26 Å². The number of aliphatic hydroxyl groups excluding tert-OH is 1. The van der Waals surface area contributed by atoms with Crippen LogP contribution in [-0.2, 0) is 6.54 Å². The molecule has 1 heterocycles. The summed E-state index contributed by atoms with van der Waals surface area (Å²) >= 11 is 0. The number of nitro groups is 1. The van der Waals surface area contributed by atoms with Crippen molar-refractivity contribution < 1.29 is 10.0 Å². The molecule has 0 amide bonds. The maximum Gasteiger partial charge on any atom is 0.306 e. The second-order valence-corrected chi connectivity index (χ2v) is 5.20. The maximum atomic E-state index is 10.6. The molecule has 0 fully saturated rings. The quantitative estimate of drug-likeness (QED) is 0.588. The molecule has 0 saturated heterocycles. The molecule has 120 valence electrons. The second-order valence-electron chi connectivity index (χ2n) is 5.20. The monoisotopic (exact) mass is 315 g/mol. The van der Waals surface area contributed by atoms with E-state index in [2.05, 4.69) is 16.5 Å². The molecule has 8 nitrogen and oxygen atoms in total. The SMILES string of the molecule is CC(NCC(O)Cn1cc([N+](=O)[O-])cn1)c1ccc(C#N)cc1. The fourth-order valence-electron chi connectivity index (χ4n) is 2.10. The highest BCUT2D eigenvalue weighted by atomic mass is 16.6. The first kappa shape index (κ1) is 16.6. The summed E-state index contributed by atoms with van der Waals surface area (Å²) in [5, 5.41) is 36.4. The van der Waals surface area contributed by atoms with Crippen molar-refractivity contribution in [3.8, 4) is 6.07 Å². The Morgan fingerprint density at radius 3 is 2.74 bits per heavy atom. The van der Waals surface area contributed by atoms with Gasteiger partial charge in [0, 0.05) is 12.6 Å². The Hall–Kier alpha value is -2.76. The van der Waals surface area contributed by atoms with Gasteiger partial charge in [-0.3, -0.25) is 14.8 Å². The summed E-state index contributed by atoms with van der Waals surface area (Å²) in [6.07, 6.45) is 1.71. The van der Waals surface area contributed by atoms with Crippen LogP contribution in [0.5, 0.6) is 0 Å². The van der Waals surface area contributed by atoms with Crippen LogP contribution in [0.25, 0.3) is 0 Å². The van der Waals surface area contributed by atoms with Crippen LogP contribution in [0.4, 0.5) is 5.69 Å². The zero-order valence-corrected chi connectivity index (χ0v) is 12.6. The molecule has 23 heavy (non-hydrogen) atoms. The van der Waals surface area contributed by atoms with E-state index in [4.69, 9.17) is 5.26 Å². The van der Waals surface area contributed by atoms with E-state index < -0.39 is 11.0 Å². The lowest BCUT2D eigenvalue weighted by atomic mass is 10.1. The highest BCUT2D eigenvalue weighted by Crippen LogP contribution is 2.13. The zero-order chi connectivity index (χ0) is 16.8. The Morgan fingerprint density at radius 2 is 2.17 bits per heavy atom. The molecule has 2 unspecified atom stereocenters. The van der Waals surface area contributed by atoms with Gasteiger partial charge in [0.15, 0.2) is 0 Å². The Bertz CT molecular complexity index is 705. The van der Waals surface area contributed by atoms with Gasteiger partial charge in [0.25, 0.3) is 0 Å². The maximum absolute atomic E-state index is 10.6. The summed E-state index contributed by atoms with van der Waals surface area (Å²) in [4.78, 5) is 10.0. The average Bonchev–Trinajstić information content (AvgIpc) is 3.01. The molecule has 2 rings (SSSR count). The molecular weight excluding hydrogens is 298 g/mol. The molecular formula is C15H17N5O3. The van der Waals surface area contributed by atoms with E-state index in [-0.39, 0.29) is 18.3 Å². The summed E-state index contributed by atoms with van der Waals surface area (Å²) in [5.74, 6) is 0. The van der Waals surface area contributed by atoms with Gasteiger partial charge in [-0.2, -0.15) is 10.4 Å². The zero-order valence-electron chi connectivity index (χ0n) is 12.6. The van der Waals surface area contributed by atoms with Gasteiger partial charge in [-0.05, 0) is 24.6 Å². The van der Waals surface area contributed by atoms with Gasteiger partial charge in [-0.15, -0.1) is 0 Å². The van der Waals surface area contributed by atoms with Crippen LogP contribution >= 0.6 is 0 Å². The molecule has 0 bridgehead atoms. The van der Waals surface area contributed by atoms with Crippen molar-refractivity contribution in [1.82, 2.24) is 15.1 Å². The van der Waals surface area contributed by atoms with E-state index >= 15 is 0 Å². The average molecular weight is 315 g/mol. The normalized spacial score (nSPS) is 13.3. The number of nitriles is 1. The predicted octanol–water partition coefficient (Wildman–Crippen LogP) is 1.37. The van der Waals surface area contributed by atoms with E-state index in [1.54, 1.807) is 12.1 Å². The fourth-order valence-corrected chi connectivity index (χ4v) is 2.10. The number of nitrogens with one attached hydrogen (secondary N) is 1. The van der Waals surface area contributed by atoms with Crippen LogP contribution < -0.4 is 5.32 Å². The molecule has 0 aliphatic rings. The fraction of sp³-hybridized carbons (Fsp3) is 0.333. The van der Waals surface area contributed by atoms with Crippen LogP contribution in [0.3, 0.4) is 0 Å². The third kappa shape index (κ3) is 4.60. The topological polar surface area (TPSA) is 117 Å². The predicted molar refractivity (Wildman–Crippen MR) is 82.5 cm³/mol. The molecule has 0 aliphatic heterocycles. The van der Waals surface area contributed by atoms with Crippen molar-refractivity contribution in [2.75, 3.05) is 6.54 Å². The number of aromatic nitrogens is 2. The number of benzene rings is 1. The summed E-state index contributed by atoms with van der Waals surface area (Å²) in [7, 11) is 0. The van der Waals surface area contributed by atoms with Gasteiger partial charge in [0.05, 0.1) is 29.2 Å². The Kier molecular flexibility index (Phi) is 5.41. The summed E-state index contributed by atoms with van der Waals surface area (Å²) < 4.78 is 1.34. The number of rotatable bonds is 7. The van der Waals surface area contributed by atoms with Gasteiger partial charge < -0.3 is 10.4 Å². The minimum atomic E-state index is -0.727. The first-order valence-corrected chi connectivity index (χ1v) is 7.08. The highest BCUT2D eigenvalue weighted by Gasteiger charge is 2.13. The van der Waals surface area contributed by atoms with E-state index in [0.717, 1.165) is 11.8 Å². The number of aliphatic hydroxyl groups is 1. The highest BCUT2D eigenvalue weighted by molar-refractivity contribution is 5.32. The number of hydrogen-bond donors (Lipinski definition) is 2. The molecule has 2 N–H and O–H groups in total. The summed E-state index contributed by atoms with van der Waals surface area (Å²) in [5.41, 5.74) is 1.50. The van der Waals surface area contributed by atoms with Crippen LogP contribution in [-0.4, -0.2) is 32.5 Å². The molecule has 2 atom stereocenters. The number of nitrogens with zero attached hydrogens (tertiary/aromatic N) is 4. The lowest BCUT2D eigenvalue weighted by molar-refractivity contribution is -0.385. The summed E-state index contributed by atoms with van der Waals surface area (Å²) in [6, 6.07) is 9.27. The largest absolute Gasteiger partial charge is 0.390 e. The molecule has 8 heteroatoms. The van der Waals surface area contributed by atoms with Crippen LogP contribution in [0, 0.1) is 21.4 Å². The third-order valence-corrected chi connectivity index (χ3v) is 3.43. The lowest BCUT2D eigenvalue weighted by Gasteiger charge is -2.17. The third-order valence-electron chi connectivity index (χ3n) is 3.43. The van der Waals surface area contributed by atoms with Gasteiger partial charge in [0.1, 0.15) is 12.4 Å². The van der Waals surface area contributed by atoms with Crippen molar-refractivity contribution >= 4 is 5.69 Å². The number of hydrogen-bond acceptors (Lipinski definition) is 6. The van der Waals surface area contributed by atoms with Crippen LogP contribution in [0.1, 0.15) is 24.1 Å². The molecule has 1 aromatic carbocycles. The van der Waals surface area contributed by atoms with E-state index in [1.165, 1.54) is 10.9 Å². The molecule has 1 aromatic heterocycles. The van der Waals surface area contributed by atoms with Gasteiger partial charge in [-0.25, -0.2) is 0 Å². The summed E-state index contributed by atoms with van der Waals surface area (Å²) in [6.45, 7) is 2.43. The Labute approximate surface area is 133 Å². The minimum absolute atomic E-state index is 0.00403. The molecule has 2 aromatic rings. The molecule has 0 aliphatic carbocycles. The van der Waals surface area contributed by atoms with Crippen LogP contribution in [0.15, 0.2) is 36.7 Å². The standard InChI is InChI=1S/C15H17N5O3/c1-11(13-4-2-12(6-16)3-5-13)17-8-15(21)10-19-9-14(7-18-19)20(22)23/h2-5,7,9,11,15,17,21H,8,10H2,1H3. The van der Waals surface area contributed by atoms with Crippen molar-refractivity contribution in [3.63, 3.8) is 0 Å². The Balaban J connectivity index is 1.84. The minimum Gasteiger partial charge on any atom is -0.390 e.